The number of hydrogen-bond acceptors (Lipinski definition) is 6. The van der Waals surface area contributed by atoms with Gasteiger partial charge >= 0.3 is 5.97 Å². The summed E-state index contributed by atoms with van der Waals surface area (Å²) in [7, 11) is 2.14. The van der Waals surface area contributed by atoms with Crippen LogP contribution in [0, 0.1) is 0 Å². The average molecular weight is 414 g/mol. The van der Waals surface area contributed by atoms with Crippen molar-refractivity contribution in [2.75, 3.05) is 55.4 Å². The Morgan fingerprint density at radius 1 is 1.07 bits per heavy atom. The third-order valence-electron chi connectivity index (χ3n) is 4.96. The summed E-state index contributed by atoms with van der Waals surface area (Å²) in [6.45, 7) is 5.86. The van der Waals surface area contributed by atoms with Crippen LogP contribution >= 0.6 is 11.8 Å². The smallest absolute Gasteiger partial charge is 0.335 e. The summed E-state index contributed by atoms with van der Waals surface area (Å²) in [4.78, 5) is 31.0. The van der Waals surface area contributed by atoms with E-state index in [-0.39, 0.29) is 17.9 Å². The number of piperazine rings is 1. The summed E-state index contributed by atoms with van der Waals surface area (Å²) >= 11 is 1.67. The molecular formula is C22H27N3O3S. The highest BCUT2D eigenvalue weighted by Gasteiger charge is 2.18. The molecule has 1 saturated heterocycles. The molecule has 0 spiro atoms. The number of carbonyl (C=O) groups is 2. The van der Waals surface area contributed by atoms with Gasteiger partial charge in [0, 0.05) is 36.8 Å². The second-order valence-electron chi connectivity index (χ2n) is 7.29. The fraction of sp³-hybridized carbons (Fsp3) is 0.364. The van der Waals surface area contributed by atoms with Gasteiger partial charge in [-0.25, -0.2) is 4.79 Å². The predicted octanol–water partition coefficient (Wildman–Crippen LogP) is 3.28. The van der Waals surface area contributed by atoms with E-state index in [0.717, 1.165) is 31.9 Å². The Bertz CT molecular complexity index is 866. The van der Waals surface area contributed by atoms with Crippen LogP contribution in [0.2, 0.25) is 0 Å². The largest absolute Gasteiger partial charge is 0.478 e. The Morgan fingerprint density at radius 2 is 1.79 bits per heavy atom. The Morgan fingerprint density at radius 3 is 2.48 bits per heavy atom. The summed E-state index contributed by atoms with van der Waals surface area (Å²) in [5.74, 6) is -0.366. The second kappa shape index (κ2) is 9.80. The van der Waals surface area contributed by atoms with E-state index in [4.69, 9.17) is 0 Å². The number of carboxylic acid groups (broad SMARTS) is 1. The van der Waals surface area contributed by atoms with Crippen molar-refractivity contribution in [1.29, 1.82) is 0 Å². The highest BCUT2D eigenvalue weighted by atomic mass is 32.2. The molecule has 6 nitrogen and oxygen atoms in total. The van der Waals surface area contributed by atoms with Crippen molar-refractivity contribution in [3.63, 3.8) is 0 Å². The number of anilines is 2. The number of ketones is 1. The topological polar surface area (TPSA) is 64.1 Å². The lowest BCUT2D eigenvalue weighted by molar-refractivity contribution is -0.115. The van der Waals surface area contributed by atoms with E-state index in [1.807, 2.05) is 17.0 Å². The monoisotopic (exact) mass is 413 g/mol. The quantitative estimate of drug-likeness (QED) is 0.526. The van der Waals surface area contributed by atoms with Crippen LogP contribution in [0.5, 0.6) is 0 Å². The van der Waals surface area contributed by atoms with Crippen LogP contribution in [-0.4, -0.2) is 67.4 Å². The Kier molecular flexibility index (Phi) is 7.17. The number of aromatic carboxylic acids is 1. The lowest BCUT2D eigenvalue weighted by atomic mass is 10.2. The number of hydrogen-bond donors (Lipinski definition) is 1. The standard InChI is InChI=1S/C22H27N3O3S/c1-17(26)15-25(19-7-5-6-18(14-19)22(27)28)16-29-21-9-4-3-8-20(21)24-12-10-23(2)11-13-24/h3-9,14H,10-13,15-16H2,1-2H3,(H,27,28). The van der Waals surface area contributed by atoms with Gasteiger partial charge in [-0.2, -0.15) is 0 Å². The molecular weight excluding hydrogens is 386 g/mol. The number of rotatable bonds is 8. The maximum Gasteiger partial charge on any atom is 0.335 e. The third kappa shape index (κ3) is 5.74. The molecule has 2 aromatic carbocycles. The van der Waals surface area contributed by atoms with E-state index < -0.39 is 5.97 Å². The molecule has 0 aliphatic carbocycles. The minimum atomic E-state index is -0.970. The predicted molar refractivity (Wildman–Crippen MR) is 118 cm³/mol. The van der Waals surface area contributed by atoms with E-state index in [0.29, 0.717) is 5.88 Å². The molecule has 0 aromatic heterocycles. The second-order valence-corrected chi connectivity index (χ2v) is 8.27. The summed E-state index contributed by atoms with van der Waals surface area (Å²) in [5.41, 5.74) is 2.18. The number of carbonyl (C=O) groups excluding carboxylic acids is 1. The molecule has 29 heavy (non-hydrogen) atoms. The molecule has 1 heterocycles. The van der Waals surface area contributed by atoms with Gasteiger partial charge in [-0.05, 0) is 44.3 Å². The SMILES string of the molecule is CC(=O)CN(CSc1ccccc1N1CCN(C)CC1)c1cccc(C(=O)O)c1. The van der Waals surface area contributed by atoms with Crippen LogP contribution in [0.4, 0.5) is 11.4 Å². The van der Waals surface area contributed by atoms with Crippen molar-refractivity contribution in [2.24, 2.45) is 0 Å². The number of thioether (sulfide) groups is 1. The molecule has 0 amide bonds. The molecule has 0 atom stereocenters. The normalized spacial score (nSPS) is 14.6. The van der Waals surface area contributed by atoms with E-state index in [1.54, 1.807) is 36.9 Å². The molecule has 1 N–H and O–H groups in total. The van der Waals surface area contributed by atoms with Gasteiger partial charge in [0.05, 0.1) is 23.7 Å². The van der Waals surface area contributed by atoms with Crippen LogP contribution in [0.15, 0.2) is 53.4 Å². The molecule has 1 fully saturated rings. The van der Waals surface area contributed by atoms with E-state index in [2.05, 4.69) is 35.0 Å². The number of carboxylic acids is 1. The number of nitrogens with zero attached hydrogens (tertiary/aromatic N) is 3. The minimum absolute atomic E-state index is 0.0404. The van der Waals surface area contributed by atoms with Gasteiger partial charge in [0.2, 0.25) is 0 Å². The van der Waals surface area contributed by atoms with Gasteiger partial charge in [-0.15, -0.1) is 11.8 Å². The zero-order valence-corrected chi connectivity index (χ0v) is 17.7. The van der Waals surface area contributed by atoms with Crippen LogP contribution in [-0.2, 0) is 4.79 Å². The highest BCUT2D eigenvalue weighted by molar-refractivity contribution is 7.99. The third-order valence-corrected chi connectivity index (χ3v) is 6.05. The summed E-state index contributed by atoms with van der Waals surface area (Å²) < 4.78 is 0. The van der Waals surface area contributed by atoms with E-state index >= 15 is 0 Å². The zero-order chi connectivity index (χ0) is 20.8. The van der Waals surface area contributed by atoms with Gasteiger partial charge in [0.1, 0.15) is 5.78 Å². The van der Waals surface area contributed by atoms with Crippen molar-refractivity contribution in [3.8, 4) is 0 Å². The van der Waals surface area contributed by atoms with Crippen LogP contribution < -0.4 is 9.80 Å². The maximum atomic E-state index is 11.8. The summed E-state index contributed by atoms with van der Waals surface area (Å²) in [6.07, 6.45) is 0. The van der Waals surface area contributed by atoms with Crippen LogP contribution in [0.3, 0.4) is 0 Å². The van der Waals surface area contributed by atoms with Crippen molar-refractivity contribution in [2.45, 2.75) is 11.8 Å². The first kappa shape index (κ1) is 21.2. The fourth-order valence-electron chi connectivity index (χ4n) is 3.35. The van der Waals surface area contributed by atoms with Gasteiger partial charge < -0.3 is 19.8 Å². The molecule has 7 heteroatoms. The van der Waals surface area contributed by atoms with Crippen molar-refractivity contribution in [1.82, 2.24) is 4.90 Å². The van der Waals surface area contributed by atoms with Crippen molar-refractivity contribution >= 4 is 34.9 Å². The van der Waals surface area contributed by atoms with Gasteiger partial charge in [-0.3, -0.25) is 4.79 Å². The van der Waals surface area contributed by atoms with Crippen molar-refractivity contribution < 1.29 is 14.7 Å². The van der Waals surface area contributed by atoms with E-state index in [1.165, 1.54) is 10.6 Å². The Balaban J connectivity index is 1.77. The maximum absolute atomic E-state index is 11.8. The number of para-hydroxylation sites is 1. The number of likely N-dealkylation sites (N-methyl/N-ethyl adjacent to an activating group) is 1. The van der Waals surface area contributed by atoms with Crippen LogP contribution in [0.1, 0.15) is 17.3 Å². The lowest BCUT2D eigenvalue weighted by Gasteiger charge is -2.35. The molecule has 0 radical (unpaired) electrons. The Hall–Kier alpha value is -2.51. The number of Topliss-reactive ketones (excluding diaryl/α,β-unsaturated/α-hetero) is 1. The molecule has 3 rings (SSSR count). The van der Waals surface area contributed by atoms with Gasteiger partial charge in [0.15, 0.2) is 0 Å². The average Bonchev–Trinajstić information content (AvgIpc) is 2.72. The summed E-state index contributed by atoms with van der Waals surface area (Å²) in [6, 6.07) is 15.1. The van der Waals surface area contributed by atoms with Crippen LogP contribution in [0.25, 0.3) is 0 Å². The zero-order valence-electron chi connectivity index (χ0n) is 16.9. The molecule has 0 bridgehead atoms. The molecule has 154 valence electrons. The van der Waals surface area contributed by atoms with Gasteiger partial charge in [-0.1, -0.05) is 18.2 Å². The Labute approximate surface area is 176 Å². The fourth-order valence-corrected chi connectivity index (χ4v) is 4.41. The highest BCUT2D eigenvalue weighted by Crippen LogP contribution is 2.32. The van der Waals surface area contributed by atoms with Gasteiger partial charge in [0.25, 0.3) is 0 Å². The molecule has 0 saturated carbocycles. The summed E-state index contributed by atoms with van der Waals surface area (Å²) in [5, 5.41) is 9.28. The number of benzene rings is 2. The molecule has 1 aliphatic heterocycles. The molecule has 1 aliphatic rings. The lowest BCUT2D eigenvalue weighted by Crippen LogP contribution is -2.44. The first-order valence-electron chi connectivity index (χ1n) is 9.67. The minimum Gasteiger partial charge on any atom is -0.478 e. The first-order chi connectivity index (χ1) is 13.9. The van der Waals surface area contributed by atoms with E-state index in [9.17, 15) is 14.7 Å². The van der Waals surface area contributed by atoms with Crippen molar-refractivity contribution in [3.05, 3.63) is 54.1 Å². The molecule has 0 unspecified atom stereocenters. The first-order valence-corrected chi connectivity index (χ1v) is 10.7. The molecule has 2 aromatic rings.